The van der Waals surface area contributed by atoms with E-state index in [0.717, 1.165) is 56.2 Å². The van der Waals surface area contributed by atoms with Gasteiger partial charge >= 0.3 is 0 Å². The quantitative estimate of drug-likeness (QED) is 0.823. The zero-order valence-corrected chi connectivity index (χ0v) is 18.0. The van der Waals surface area contributed by atoms with E-state index in [4.69, 9.17) is 0 Å². The zero-order valence-electron chi connectivity index (χ0n) is 18.0. The fourth-order valence-corrected chi connectivity index (χ4v) is 4.61. The molecule has 5 heteroatoms. The number of aromatic nitrogens is 1. The molecule has 3 heterocycles. The van der Waals surface area contributed by atoms with Gasteiger partial charge < -0.3 is 14.8 Å². The van der Waals surface area contributed by atoms with E-state index in [-0.39, 0.29) is 23.1 Å². The molecule has 156 valence electrons. The monoisotopic (exact) mass is 395 g/mol. The van der Waals surface area contributed by atoms with Crippen LogP contribution < -0.4 is 0 Å². The number of benzene rings is 1. The molecule has 2 aromatic rings. The number of amides is 2. The van der Waals surface area contributed by atoms with E-state index in [0.29, 0.717) is 12.2 Å². The molecule has 1 N–H and O–H groups in total. The summed E-state index contributed by atoms with van der Waals surface area (Å²) < 4.78 is 0. The van der Waals surface area contributed by atoms with Gasteiger partial charge in [0, 0.05) is 37.1 Å². The lowest BCUT2D eigenvalue weighted by Crippen LogP contribution is -2.48. The number of nitrogens with zero attached hydrogens (tertiary/aromatic N) is 2. The van der Waals surface area contributed by atoms with Gasteiger partial charge in [-0.05, 0) is 55.2 Å². The van der Waals surface area contributed by atoms with Crippen LogP contribution in [0.25, 0.3) is 10.9 Å². The number of aromatic amines is 1. The summed E-state index contributed by atoms with van der Waals surface area (Å²) in [6, 6.07) is 8.31. The molecule has 0 saturated carbocycles. The minimum absolute atomic E-state index is 0.00894. The molecule has 2 saturated heterocycles. The molecular formula is C24H33N3O2. The Morgan fingerprint density at radius 1 is 0.966 bits per heavy atom. The summed E-state index contributed by atoms with van der Waals surface area (Å²) in [5, 5.41) is 1.05. The number of hydrogen-bond donors (Lipinski definition) is 1. The zero-order chi connectivity index (χ0) is 20.6. The van der Waals surface area contributed by atoms with Crippen molar-refractivity contribution in [3.63, 3.8) is 0 Å². The third-order valence-corrected chi connectivity index (χ3v) is 6.44. The Balaban J connectivity index is 1.49. The molecular weight excluding hydrogens is 362 g/mol. The lowest BCUT2D eigenvalue weighted by molar-refractivity contribution is -0.137. The van der Waals surface area contributed by atoms with Crippen molar-refractivity contribution < 1.29 is 9.59 Å². The van der Waals surface area contributed by atoms with Crippen molar-refractivity contribution in [3.05, 3.63) is 35.5 Å². The molecule has 1 atom stereocenters. The molecule has 0 radical (unpaired) electrons. The Hall–Kier alpha value is -2.30. The standard InChI is InChI=1S/C24H33N3O2/c1-24(2,3)19-10-9-17-14-21(25-20(17)15-19)23(29)27-13-7-8-18(16-27)22(28)26-11-5-4-6-12-26/h9-10,14-15,18,25H,4-8,11-13,16H2,1-3H3/t18-/m0/s1. The minimum atomic E-state index is -0.0531. The Labute approximate surface area is 173 Å². The van der Waals surface area contributed by atoms with E-state index in [1.807, 2.05) is 15.9 Å². The maximum absolute atomic E-state index is 13.2. The largest absolute Gasteiger partial charge is 0.351 e. The van der Waals surface area contributed by atoms with Crippen LogP contribution in [0, 0.1) is 5.92 Å². The van der Waals surface area contributed by atoms with E-state index in [1.54, 1.807) is 0 Å². The van der Waals surface area contributed by atoms with Gasteiger partial charge in [-0.25, -0.2) is 0 Å². The number of carbonyl (C=O) groups is 2. The van der Waals surface area contributed by atoms with Gasteiger partial charge in [0.1, 0.15) is 5.69 Å². The third-order valence-electron chi connectivity index (χ3n) is 6.44. The lowest BCUT2D eigenvalue weighted by Gasteiger charge is -2.36. The first-order chi connectivity index (χ1) is 13.8. The Morgan fingerprint density at radius 3 is 2.41 bits per heavy atom. The van der Waals surface area contributed by atoms with E-state index < -0.39 is 0 Å². The summed E-state index contributed by atoms with van der Waals surface area (Å²) in [5.74, 6) is 0.200. The van der Waals surface area contributed by atoms with Crippen LogP contribution in [0.3, 0.4) is 0 Å². The predicted octanol–water partition coefficient (Wildman–Crippen LogP) is 4.33. The third kappa shape index (κ3) is 4.19. The maximum Gasteiger partial charge on any atom is 0.270 e. The molecule has 5 nitrogen and oxygen atoms in total. The lowest BCUT2D eigenvalue weighted by atomic mass is 9.87. The van der Waals surface area contributed by atoms with Gasteiger partial charge in [0.25, 0.3) is 5.91 Å². The second kappa shape index (κ2) is 7.85. The average molecular weight is 396 g/mol. The van der Waals surface area contributed by atoms with Crippen molar-refractivity contribution in [3.8, 4) is 0 Å². The number of nitrogens with one attached hydrogen (secondary N) is 1. The van der Waals surface area contributed by atoms with Crippen molar-refractivity contribution in [1.82, 2.24) is 14.8 Å². The second-order valence-electron chi connectivity index (χ2n) is 9.71. The molecule has 2 amide bonds. The van der Waals surface area contributed by atoms with Crippen molar-refractivity contribution in [2.45, 2.75) is 58.3 Å². The fourth-order valence-electron chi connectivity index (χ4n) is 4.61. The number of hydrogen-bond acceptors (Lipinski definition) is 2. The summed E-state index contributed by atoms with van der Waals surface area (Å²) in [6.07, 6.45) is 5.21. The number of H-pyrrole nitrogens is 1. The van der Waals surface area contributed by atoms with Crippen LogP contribution in [0.15, 0.2) is 24.3 Å². The van der Waals surface area contributed by atoms with Gasteiger partial charge in [0.15, 0.2) is 0 Å². The predicted molar refractivity (Wildman–Crippen MR) is 116 cm³/mol. The van der Waals surface area contributed by atoms with Crippen molar-refractivity contribution in [1.29, 1.82) is 0 Å². The van der Waals surface area contributed by atoms with Crippen molar-refractivity contribution in [2.24, 2.45) is 5.92 Å². The molecule has 2 aliphatic heterocycles. The van der Waals surface area contributed by atoms with Crippen LogP contribution in [0.2, 0.25) is 0 Å². The van der Waals surface area contributed by atoms with Crippen LogP contribution in [-0.4, -0.2) is 52.8 Å². The summed E-state index contributed by atoms with van der Waals surface area (Å²) in [7, 11) is 0. The molecule has 0 bridgehead atoms. The Morgan fingerprint density at radius 2 is 1.69 bits per heavy atom. The van der Waals surface area contributed by atoms with Gasteiger partial charge in [-0.2, -0.15) is 0 Å². The number of fused-ring (bicyclic) bond motifs is 1. The number of piperidine rings is 2. The van der Waals surface area contributed by atoms with Gasteiger partial charge in [0.2, 0.25) is 5.91 Å². The molecule has 1 aromatic carbocycles. The normalized spacial score (nSPS) is 20.9. The number of carbonyl (C=O) groups excluding carboxylic acids is 2. The fraction of sp³-hybridized carbons (Fsp3) is 0.583. The highest BCUT2D eigenvalue weighted by Gasteiger charge is 2.32. The average Bonchev–Trinajstić information content (AvgIpc) is 3.16. The molecule has 29 heavy (non-hydrogen) atoms. The molecule has 4 rings (SSSR count). The molecule has 2 aliphatic rings. The Bertz CT molecular complexity index is 902. The first-order valence-corrected chi connectivity index (χ1v) is 11.0. The van der Waals surface area contributed by atoms with E-state index in [2.05, 4.69) is 44.0 Å². The highest BCUT2D eigenvalue weighted by Crippen LogP contribution is 2.27. The van der Waals surface area contributed by atoms with Crippen LogP contribution in [0.1, 0.15) is 68.9 Å². The first kappa shape index (κ1) is 20.0. The summed E-state index contributed by atoms with van der Waals surface area (Å²) in [4.78, 5) is 33.3. The maximum atomic E-state index is 13.2. The number of rotatable bonds is 2. The molecule has 0 aliphatic carbocycles. The van der Waals surface area contributed by atoms with Gasteiger partial charge in [-0.15, -0.1) is 0 Å². The SMILES string of the molecule is CC(C)(C)c1ccc2cc(C(=O)N3CCC[C@H](C(=O)N4CCCCC4)C3)[nH]c2c1. The highest BCUT2D eigenvalue weighted by atomic mass is 16.2. The van der Waals surface area contributed by atoms with Gasteiger partial charge in [-0.1, -0.05) is 32.9 Å². The van der Waals surface area contributed by atoms with Crippen molar-refractivity contribution in [2.75, 3.05) is 26.2 Å². The van der Waals surface area contributed by atoms with E-state index >= 15 is 0 Å². The Kier molecular flexibility index (Phi) is 5.41. The smallest absolute Gasteiger partial charge is 0.270 e. The molecule has 0 unspecified atom stereocenters. The molecule has 0 spiro atoms. The van der Waals surface area contributed by atoms with Crippen LogP contribution in [0.5, 0.6) is 0 Å². The van der Waals surface area contributed by atoms with E-state index in [1.165, 1.54) is 12.0 Å². The molecule has 1 aromatic heterocycles. The van der Waals surface area contributed by atoms with E-state index in [9.17, 15) is 9.59 Å². The number of likely N-dealkylation sites (tertiary alicyclic amines) is 2. The summed E-state index contributed by atoms with van der Waals surface area (Å²) in [6.45, 7) is 9.59. The summed E-state index contributed by atoms with van der Waals surface area (Å²) in [5.41, 5.74) is 2.94. The minimum Gasteiger partial charge on any atom is -0.351 e. The first-order valence-electron chi connectivity index (χ1n) is 11.0. The van der Waals surface area contributed by atoms with Gasteiger partial charge in [-0.3, -0.25) is 9.59 Å². The van der Waals surface area contributed by atoms with Gasteiger partial charge in [0.05, 0.1) is 5.92 Å². The highest BCUT2D eigenvalue weighted by molar-refractivity contribution is 5.98. The van der Waals surface area contributed by atoms with Crippen LogP contribution in [-0.2, 0) is 10.2 Å². The topological polar surface area (TPSA) is 56.4 Å². The van der Waals surface area contributed by atoms with Crippen LogP contribution in [0.4, 0.5) is 0 Å². The van der Waals surface area contributed by atoms with Crippen LogP contribution >= 0.6 is 0 Å². The summed E-state index contributed by atoms with van der Waals surface area (Å²) >= 11 is 0. The molecule has 2 fully saturated rings. The second-order valence-corrected chi connectivity index (χ2v) is 9.71. The van der Waals surface area contributed by atoms with Crippen molar-refractivity contribution >= 4 is 22.7 Å².